The first-order chi connectivity index (χ1) is 7.09. The van der Waals surface area contributed by atoms with Gasteiger partial charge in [0.2, 0.25) is 0 Å². The van der Waals surface area contributed by atoms with E-state index in [9.17, 15) is 0 Å². The van der Waals surface area contributed by atoms with E-state index in [-0.39, 0.29) is 0 Å². The molecule has 0 bridgehead atoms. The van der Waals surface area contributed by atoms with Crippen LogP contribution in [0.15, 0.2) is 0 Å². The van der Waals surface area contributed by atoms with E-state index < -0.39 is 0 Å². The van der Waals surface area contributed by atoms with Crippen molar-refractivity contribution in [3.05, 3.63) is 0 Å². The molecule has 2 N–H and O–H groups in total. The summed E-state index contributed by atoms with van der Waals surface area (Å²) in [7, 11) is 0. The van der Waals surface area contributed by atoms with Gasteiger partial charge < -0.3 is 5.73 Å². The van der Waals surface area contributed by atoms with Gasteiger partial charge in [0.1, 0.15) is 0 Å². The Labute approximate surface area is 94.8 Å². The van der Waals surface area contributed by atoms with E-state index in [0.717, 1.165) is 11.8 Å². The first kappa shape index (κ1) is 11.4. The highest BCUT2D eigenvalue weighted by molar-refractivity contribution is 4.91. The standard InChI is InChI=1S/C14H27N/c1-14(2)9-8-12(15)10-13(14)11-6-4-3-5-7-11/h11-13H,3-10,15H2,1-2H3. The molecule has 0 spiro atoms. The molecule has 0 amide bonds. The van der Waals surface area contributed by atoms with Crippen LogP contribution in [0.5, 0.6) is 0 Å². The number of hydrogen-bond donors (Lipinski definition) is 1. The van der Waals surface area contributed by atoms with E-state index in [4.69, 9.17) is 5.73 Å². The second-order valence-electron chi connectivity index (χ2n) is 6.53. The first-order valence-electron chi connectivity index (χ1n) is 6.85. The van der Waals surface area contributed by atoms with Crippen LogP contribution in [0, 0.1) is 17.3 Å². The molecule has 0 aliphatic heterocycles. The van der Waals surface area contributed by atoms with Crippen molar-refractivity contribution >= 4 is 0 Å². The van der Waals surface area contributed by atoms with Crippen LogP contribution in [0.25, 0.3) is 0 Å². The van der Waals surface area contributed by atoms with Crippen LogP contribution in [0.2, 0.25) is 0 Å². The summed E-state index contributed by atoms with van der Waals surface area (Å²) in [6, 6.07) is 0.491. The Hall–Kier alpha value is -0.0400. The molecule has 2 unspecified atom stereocenters. The van der Waals surface area contributed by atoms with Gasteiger partial charge in [-0.3, -0.25) is 0 Å². The molecule has 2 saturated carbocycles. The van der Waals surface area contributed by atoms with Gasteiger partial charge >= 0.3 is 0 Å². The highest BCUT2D eigenvalue weighted by Gasteiger charge is 2.39. The van der Waals surface area contributed by atoms with Gasteiger partial charge in [-0.25, -0.2) is 0 Å². The maximum absolute atomic E-state index is 6.15. The Morgan fingerprint density at radius 2 is 1.67 bits per heavy atom. The number of hydrogen-bond acceptors (Lipinski definition) is 1. The summed E-state index contributed by atoms with van der Waals surface area (Å²) in [6.07, 6.45) is 11.2. The average molecular weight is 209 g/mol. The van der Waals surface area contributed by atoms with Crippen LogP contribution in [0.4, 0.5) is 0 Å². The summed E-state index contributed by atoms with van der Waals surface area (Å²) in [5, 5.41) is 0. The molecule has 88 valence electrons. The number of rotatable bonds is 1. The normalized spacial score (nSPS) is 37.8. The van der Waals surface area contributed by atoms with Gasteiger partial charge in [-0.1, -0.05) is 46.0 Å². The maximum Gasteiger partial charge on any atom is 0.00419 e. The minimum absolute atomic E-state index is 0.491. The zero-order valence-corrected chi connectivity index (χ0v) is 10.5. The summed E-state index contributed by atoms with van der Waals surface area (Å²) in [4.78, 5) is 0. The van der Waals surface area contributed by atoms with Crippen LogP contribution in [-0.4, -0.2) is 6.04 Å². The van der Waals surface area contributed by atoms with Crippen LogP contribution in [0.1, 0.15) is 65.2 Å². The maximum atomic E-state index is 6.15. The Morgan fingerprint density at radius 1 is 1.00 bits per heavy atom. The Morgan fingerprint density at radius 3 is 2.33 bits per heavy atom. The SMILES string of the molecule is CC1(C)CCC(N)CC1C1CCCCC1. The lowest BCUT2D eigenvalue weighted by Crippen LogP contribution is -2.42. The minimum atomic E-state index is 0.491. The smallest absolute Gasteiger partial charge is 0.00419 e. The Kier molecular flexibility index (Phi) is 3.39. The monoisotopic (exact) mass is 209 g/mol. The molecule has 2 atom stereocenters. The zero-order valence-electron chi connectivity index (χ0n) is 10.5. The van der Waals surface area contributed by atoms with Crippen molar-refractivity contribution in [2.24, 2.45) is 23.0 Å². The van der Waals surface area contributed by atoms with Crippen LogP contribution in [0.3, 0.4) is 0 Å². The van der Waals surface area contributed by atoms with Crippen LogP contribution in [-0.2, 0) is 0 Å². The third-order valence-electron chi connectivity index (χ3n) is 4.94. The second-order valence-corrected chi connectivity index (χ2v) is 6.53. The molecule has 15 heavy (non-hydrogen) atoms. The topological polar surface area (TPSA) is 26.0 Å². The van der Waals surface area contributed by atoms with Crippen molar-refractivity contribution in [3.63, 3.8) is 0 Å². The van der Waals surface area contributed by atoms with Crippen molar-refractivity contribution in [1.29, 1.82) is 0 Å². The van der Waals surface area contributed by atoms with Crippen molar-refractivity contribution < 1.29 is 0 Å². The molecule has 2 rings (SSSR count). The molecule has 1 heteroatoms. The zero-order chi connectivity index (χ0) is 10.9. The van der Waals surface area contributed by atoms with Crippen molar-refractivity contribution in [1.82, 2.24) is 0 Å². The molecule has 2 aliphatic carbocycles. The molecule has 1 nitrogen and oxygen atoms in total. The van der Waals surface area contributed by atoms with E-state index >= 15 is 0 Å². The lowest BCUT2D eigenvalue weighted by atomic mass is 9.60. The molecular weight excluding hydrogens is 182 g/mol. The third kappa shape index (κ3) is 2.55. The van der Waals surface area contributed by atoms with E-state index in [1.54, 1.807) is 0 Å². The van der Waals surface area contributed by atoms with Crippen molar-refractivity contribution in [2.75, 3.05) is 0 Å². The van der Waals surface area contributed by atoms with E-state index in [1.807, 2.05) is 0 Å². The third-order valence-corrected chi connectivity index (χ3v) is 4.94. The summed E-state index contributed by atoms with van der Waals surface area (Å²) in [5.41, 5.74) is 6.71. The first-order valence-corrected chi connectivity index (χ1v) is 6.85. The van der Waals surface area contributed by atoms with E-state index in [1.165, 1.54) is 51.4 Å². The largest absolute Gasteiger partial charge is 0.328 e. The van der Waals surface area contributed by atoms with Crippen molar-refractivity contribution in [3.8, 4) is 0 Å². The molecular formula is C14H27N. The van der Waals surface area contributed by atoms with Gasteiger partial charge in [-0.2, -0.15) is 0 Å². The van der Waals surface area contributed by atoms with E-state index in [0.29, 0.717) is 11.5 Å². The van der Waals surface area contributed by atoms with Gasteiger partial charge in [0.05, 0.1) is 0 Å². The fourth-order valence-corrected chi connectivity index (χ4v) is 3.87. The second kappa shape index (κ2) is 4.45. The quantitative estimate of drug-likeness (QED) is 0.700. The lowest BCUT2D eigenvalue weighted by molar-refractivity contribution is 0.0529. The van der Waals surface area contributed by atoms with Crippen molar-refractivity contribution in [2.45, 2.75) is 71.3 Å². The molecule has 0 heterocycles. The minimum Gasteiger partial charge on any atom is -0.328 e. The van der Waals surface area contributed by atoms with E-state index in [2.05, 4.69) is 13.8 Å². The lowest BCUT2D eigenvalue weighted by Gasteiger charge is -2.46. The van der Waals surface area contributed by atoms with Gasteiger partial charge in [-0.15, -0.1) is 0 Å². The summed E-state index contributed by atoms with van der Waals surface area (Å²) >= 11 is 0. The molecule has 0 aromatic rings. The highest BCUT2D eigenvalue weighted by atomic mass is 14.7. The molecule has 2 fully saturated rings. The molecule has 0 saturated heterocycles. The summed E-state index contributed by atoms with van der Waals surface area (Å²) < 4.78 is 0. The van der Waals surface area contributed by atoms with Crippen LogP contribution < -0.4 is 5.73 Å². The fourth-order valence-electron chi connectivity index (χ4n) is 3.87. The van der Waals surface area contributed by atoms with Crippen LogP contribution >= 0.6 is 0 Å². The Balaban J connectivity index is 2.02. The number of nitrogens with two attached hydrogens (primary N) is 1. The summed E-state index contributed by atoms with van der Waals surface area (Å²) in [6.45, 7) is 4.94. The predicted molar refractivity (Wildman–Crippen MR) is 65.7 cm³/mol. The van der Waals surface area contributed by atoms with Gasteiger partial charge in [0.25, 0.3) is 0 Å². The molecule has 0 radical (unpaired) electrons. The van der Waals surface area contributed by atoms with Gasteiger partial charge in [0, 0.05) is 6.04 Å². The predicted octanol–water partition coefficient (Wildman–Crippen LogP) is 3.72. The molecule has 0 aromatic carbocycles. The fraction of sp³-hybridized carbons (Fsp3) is 1.00. The van der Waals surface area contributed by atoms with Gasteiger partial charge in [-0.05, 0) is 36.5 Å². The average Bonchev–Trinajstić information content (AvgIpc) is 2.23. The Bertz CT molecular complexity index is 203. The summed E-state index contributed by atoms with van der Waals surface area (Å²) in [5.74, 6) is 1.89. The highest BCUT2D eigenvalue weighted by Crippen LogP contribution is 2.47. The van der Waals surface area contributed by atoms with Gasteiger partial charge in [0.15, 0.2) is 0 Å². The molecule has 2 aliphatic rings. The molecule has 0 aromatic heterocycles.